The number of ether oxygens (including phenoxy) is 18. The second kappa shape index (κ2) is 41.9. The Kier molecular flexibility index (Phi) is 38.4. The maximum Gasteiger partial charge on any atom is 0.514 e. The number of carbonyl (C=O) groups excluding carboxylic acids is 4. The monoisotopic (exact) mass is 1770 g/mol. The lowest BCUT2D eigenvalue weighted by Gasteiger charge is -2.23. The molecule has 4 aromatic carbocycles. The number of phenols is 2. The van der Waals surface area contributed by atoms with Gasteiger partial charge < -0.3 is 95.5 Å². The maximum absolute atomic E-state index is 12.1. The van der Waals surface area contributed by atoms with E-state index in [0.29, 0.717) is 67.9 Å². The molecule has 0 heterocycles. The molecular weight excluding hydrogens is 1680 g/mol. The molecule has 0 radical (unpaired) electrons. The van der Waals surface area contributed by atoms with Crippen LogP contribution >= 0.6 is 90.4 Å². The first-order valence-corrected chi connectivity index (χ1v) is 33.1. The Morgan fingerprint density at radius 1 is 0.447 bits per heavy atom. The van der Waals surface area contributed by atoms with Crippen molar-refractivity contribution in [2.45, 2.75) is 147 Å². The number of methoxy groups -OCH3 is 4. The van der Waals surface area contributed by atoms with Gasteiger partial charge in [-0.1, -0.05) is 38.5 Å². The zero-order chi connectivity index (χ0) is 72.1. The van der Waals surface area contributed by atoms with Crippen molar-refractivity contribution in [1.82, 2.24) is 0 Å². The van der Waals surface area contributed by atoms with Crippen LogP contribution in [0.2, 0.25) is 0 Å². The number of phenolic OH excluding ortho intramolecular Hbond substituents is 2. The molecule has 0 amide bonds. The van der Waals surface area contributed by atoms with Crippen LogP contribution in [-0.2, 0) is 38.0 Å². The van der Waals surface area contributed by atoms with Gasteiger partial charge in [0.05, 0.1) is 46.7 Å². The van der Waals surface area contributed by atoms with Crippen molar-refractivity contribution < 1.29 is 115 Å². The van der Waals surface area contributed by atoms with Crippen LogP contribution in [0.4, 0.5) is 9.59 Å². The fourth-order valence-electron chi connectivity index (χ4n) is 6.99. The highest BCUT2D eigenvalue weighted by Gasteiger charge is 2.30. The van der Waals surface area contributed by atoms with Gasteiger partial charge in [-0.15, -0.1) is 0 Å². The van der Waals surface area contributed by atoms with Gasteiger partial charge >= 0.3 is 24.2 Å². The van der Waals surface area contributed by atoms with Gasteiger partial charge in [0.25, 0.3) is 0 Å². The molecule has 28 heteroatoms. The van der Waals surface area contributed by atoms with Gasteiger partial charge in [0, 0.05) is 61.8 Å². The highest BCUT2D eigenvalue weighted by atomic mass is 127. The molecule has 24 nitrogen and oxygen atoms in total. The first-order chi connectivity index (χ1) is 43.9. The van der Waals surface area contributed by atoms with E-state index in [9.17, 15) is 29.4 Å². The summed E-state index contributed by atoms with van der Waals surface area (Å²) in [4.78, 5) is 47.6. The van der Waals surface area contributed by atoms with Crippen LogP contribution in [0.3, 0.4) is 0 Å². The molecule has 524 valence electrons. The first kappa shape index (κ1) is 86.1. The fraction of sp³-hybridized carbons (Fsp3) is 0.455. The number of rotatable bonds is 28. The van der Waals surface area contributed by atoms with E-state index in [4.69, 9.17) is 85.3 Å². The Balaban J connectivity index is 0.000000635. The van der Waals surface area contributed by atoms with Gasteiger partial charge in [-0.3, -0.25) is 0 Å². The minimum Gasteiger partial charge on any atom is -0.507 e. The molecule has 0 aromatic heterocycles. The summed E-state index contributed by atoms with van der Waals surface area (Å²) in [6.45, 7) is 44.9. The summed E-state index contributed by atoms with van der Waals surface area (Å²) in [5.74, 6) is 1.74. The lowest BCUT2D eigenvalue weighted by molar-refractivity contribution is -0.131. The van der Waals surface area contributed by atoms with Crippen LogP contribution < -0.4 is 56.8 Å². The third-order valence-electron chi connectivity index (χ3n) is 10.9. The molecule has 4 atom stereocenters. The molecule has 0 aliphatic carbocycles. The normalized spacial score (nSPS) is 12.0. The minimum atomic E-state index is -0.903. The predicted octanol–water partition coefficient (Wildman–Crippen LogP) is 16.5. The summed E-state index contributed by atoms with van der Waals surface area (Å²) in [5.41, 5.74) is 0.176. The molecule has 0 saturated heterocycles. The van der Waals surface area contributed by atoms with Gasteiger partial charge in [-0.2, -0.15) is 0 Å². The van der Waals surface area contributed by atoms with Crippen molar-refractivity contribution in [2.24, 2.45) is 0 Å². The number of carbonyl (C=O) groups is 4. The summed E-state index contributed by atoms with van der Waals surface area (Å²) in [5, 5.41) is 19.2. The first-order valence-electron chi connectivity index (χ1n) is 28.8. The van der Waals surface area contributed by atoms with Crippen LogP contribution in [0.25, 0.3) is 12.2 Å². The van der Waals surface area contributed by atoms with E-state index in [-0.39, 0.29) is 72.8 Å². The molecule has 0 fully saturated rings. The summed E-state index contributed by atoms with van der Waals surface area (Å²) in [6.07, 6.45) is -0.439. The van der Waals surface area contributed by atoms with Crippen LogP contribution in [-0.4, -0.2) is 126 Å². The summed E-state index contributed by atoms with van der Waals surface area (Å²) >= 11 is 7.86. The standard InChI is InChI=1S/C19H25IO7.C19H27IO7.C17H25IO5.C11H11IO5/c1-9-11-12(23-8)10-13(24-16(21)26-18(2,3)4)14(20)15(11)25-17(22)27-19(5,6)7;1-8-23-12(5)25-14-10-15(22-7)17(27-19(21)11(3)4)18(16(14)20)26-13(6)24-9-2;1-7-13-14(19-6)10-15(22-11(4)20-8-2)16(18)17(13)23-12(5)21-9-3;1-5(2)11(15)17-10-7(16-3)4-6(13)8(12)9(10)14/h9-10H,1H2,2-8H3;10,12-13H,3,8-9H2,1-2,4-7H3;7,10-12H,1,8-9H2,2-6H3;4,13-14H,1H2,2-3H3. The minimum absolute atomic E-state index is 0.0648. The number of hydrogen-bond donors (Lipinski definition) is 2. The average Bonchev–Trinajstić information content (AvgIpc) is 0.865. The molecule has 0 saturated carbocycles. The van der Waals surface area contributed by atoms with Gasteiger partial charge in [0.1, 0.15) is 47.1 Å². The summed E-state index contributed by atoms with van der Waals surface area (Å²) in [7, 11) is 5.83. The molecule has 2 N–H and O–H groups in total. The molecule has 0 aliphatic heterocycles. The van der Waals surface area contributed by atoms with Crippen molar-refractivity contribution in [3.05, 3.63) is 87.1 Å². The zero-order valence-corrected chi connectivity index (χ0v) is 65.4. The van der Waals surface area contributed by atoms with Crippen LogP contribution in [0.5, 0.6) is 80.5 Å². The van der Waals surface area contributed by atoms with Crippen molar-refractivity contribution in [3.63, 3.8) is 0 Å². The van der Waals surface area contributed by atoms with Crippen LogP contribution in [0.1, 0.15) is 122 Å². The largest absolute Gasteiger partial charge is 0.514 e. The summed E-state index contributed by atoms with van der Waals surface area (Å²) in [6, 6.07) is 6.18. The molecule has 0 aliphatic rings. The van der Waals surface area contributed by atoms with Crippen molar-refractivity contribution >= 4 is 127 Å². The Bertz CT molecular complexity index is 3220. The zero-order valence-electron chi connectivity index (χ0n) is 56.8. The molecule has 0 bridgehead atoms. The molecule has 4 unspecified atom stereocenters. The lowest BCUT2D eigenvalue weighted by atomic mass is 10.1. The van der Waals surface area contributed by atoms with Crippen molar-refractivity contribution in [1.29, 1.82) is 0 Å². The van der Waals surface area contributed by atoms with E-state index in [2.05, 4.69) is 71.5 Å². The Labute approximate surface area is 606 Å². The maximum atomic E-state index is 12.1. The molecule has 4 aromatic rings. The number of benzene rings is 4. The smallest absolute Gasteiger partial charge is 0.507 e. The van der Waals surface area contributed by atoms with Crippen LogP contribution in [0.15, 0.2) is 61.7 Å². The van der Waals surface area contributed by atoms with E-state index in [1.54, 1.807) is 104 Å². The van der Waals surface area contributed by atoms with Crippen molar-refractivity contribution in [2.75, 3.05) is 54.9 Å². The fourth-order valence-corrected chi connectivity index (χ4v) is 9.42. The number of aromatic hydroxyl groups is 2. The summed E-state index contributed by atoms with van der Waals surface area (Å²) < 4.78 is 99.6. The highest BCUT2D eigenvalue weighted by molar-refractivity contribution is 14.1. The van der Waals surface area contributed by atoms with E-state index < -0.39 is 54.3 Å². The quantitative estimate of drug-likeness (QED) is 0.0133. The predicted molar refractivity (Wildman–Crippen MR) is 388 cm³/mol. The van der Waals surface area contributed by atoms with Gasteiger partial charge in [-0.05, 0) is 201 Å². The number of halogens is 4. The van der Waals surface area contributed by atoms with E-state index in [1.165, 1.54) is 46.5 Å². The molecule has 94 heavy (non-hydrogen) atoms. The molecular formula is C66H88I4O24. The Hall–Kier alpha value is -5.92. The van der Waals surface area contributed by atoms with Gasteiger partial charge in [0.2, 0.25) is 11.5 Å². The number of esters is 2. The second-order valence-electron chi connectivity index (χ2n) is 20.9. The second-order valence-corrected chi connectivity index (χ2v) is 25.2. The van der Waals surface area contributed by atoms with Crippen LogP contribution in [0, 0.1) is 14.3 Å². The van der Waals surface area contributed by atoms with Gasteiger partial charge in [0.15, 0.2) is 65.4 Å². The van der Waals surface area contributed by atoms with Gasteiger partial charge in [-0.25, -0.2) is 19.2 Å². The Morgan fingerprint density at radius 3 is 1.16 bits per heavy atom. The molecule has 0 spiro atoms. The Morgan fingerprint density at radius 2 is 0.777 bits per heavy atom. The third-order valence-corrected chi connectivity index (χ3v) is 15.0. The van der Waals surface area contributed by atoms with Crippen molar-refractivity contribution in [3.8, 4) is 80.5 Å². The molecule has 4 rings (SSSR count). The average molecular weight is 1770 g/mol. The van der Waals surface area contributed by atoms with E-state index >= 15 is 0 Å². The van der Waals surface area contributed by atoms with E-state index in [1.807, 2.05) is 70.2 Å². The third kappa shape index (κ3) is 28.4. The number of hydrogen-bond acceptors (Lipinski definition) is 24. The lowest BCUT2D eigenvalue weighted by Crippen LogP contribution is -2.27. The SMILES string of the molecule is C=C(C)C(=O)Oc1c(OC)cc(O)c(I)c1O.C=C(C)C(=O)Oc1c(OC)cc(OC(C)OCC)c(I)c1OC(C)OCC.C=Cc1c(OC)cc(OC(=O)OC(C)(C)C)c(I)c1OC(=O)OC(C)(C)C.C=Cc1c(OC)cc(OC(C)OCC)c(I)c1OC(C)OCC. The highest BCUT2D eigenvalue weighted by Crippen LogP contribution is 2.48. The van der Waals surface area contributed by atoms with E-state index in [0.717, 1.165) is 9.13 Å². The topological polar surface area (TPSA) is 275 Å².